The van der Waals surface area contributed by atoms with Gasteiger partial charge in [-0.05, 0) is 36.6 Å². The van der Waals surface area contributed by atoms with Crippen LogP contribution in [0.5, 0.6) is 0 Å². The molecule has 0 unspecified atom stereocenters. The van der Waals surface area contributed by atoms with Crippen LogP contribution in [0.15, 0.2) is 23.4 Å². The minimum absolute atomic E-state index is 0.148. The first-order valence-electron chi connectivity index (χ1n) is 6.42. The summed E-state index contributed by atoms with van der Waals surface area (Å²) in [6, 6.07) is 4.39. The molecule has 0 fully saturated rings. The molecular formula is C13H17FN4O2S. The quantitative estimate of drug-likeness (QED) is 0.930. The number of aromatic nitrogens is 3. The smallest absolute Gasteiger partial charge is 0.273 e. The van der Waals surface area contributed by atoms with Crippen molar-refractivity contribution in [2.24, 2.45) is 11.1 Å². The van der Waals surface area contributed by atoms with E-state index in [1.807, 2.05) is 13.8 Å². The highest BCUT2D eigenvalue weighted by Gasteiger charge is 2.22. The summed E-state index contributed by atoms with van der Waals surface area (Å²) in [5, 5.41) is 12.4. The molecule has 0 atom stereocenters. The van der Waals surface area contributed by atoms with Gasteiger partial charge in [0.15, 0.2) is 5.82 Å². The second-order valence-corrected chi connectivity index (χ2v) is 6.83. The number of nitrogens with two attached hydrogens (primary N) is 1. The molecule has 0 spiro atoms. The lowest BCUT2D eigenvalue weighted by molar-refractivity contribution is 0.486. The molecule has 0 bridgehead atoms. The maximum Gasteiger partial charge on any atom is 0.273 e. The van der Waals surface area contributed by atoms with Gasteiger partial charge in [0.05, 0.1) is 0 Å². The van der Waals surface area contributed by atoms with Crippen molar-refractivity contribution in [3.63, 3.8) is 0 Å². The van der Waals surface area contributed by atoms with Gasteiger partial charge in [-0.25, -0.2) is 17.9 Å². The van der Waals surface area contributed by atoms with Crippen LogP contribution in [0.2, 0.25) is 0 Å². The monoisotopic (exact) mass is 312 g/mol. The van der Waals surface area contributed by atoms with E-state index in [9.17, 15) is 12.8 Å². The number of aryl methyl sites for hydroxylation is 1. The number of primary sulfonamides is 1. The van der Waals surface area contributed by atoms with Gasteiger partial charge in [0.25, 0.3) is 15.2 Å². The molecule has 2 aromatic rings. The van der Waals surface area contributed by atoms with E-state index in [0.29, 0.717) is 17.7 Å². The van der Waals surface area contributed by atoms with Gasteiger partial charge < -0.3 is 0 Å². The molecule has 1 aromatic carbocycles. The van der Waals surface area contributed by atoms with Gasteiger partial charge in [-0.2, -0.15) is 0 Å². The lowest BCUT2D eigenvalue weighted by atomic mass is 10.1. The summed E-state index contributed by atoms with van der Waals surface area (Å²) in [5.41, 5.74) is 1.18. The van der Waals surface area contributed by atoms with Gasteiger partial charge in [-0.15, -0.1) is 10.2 Å². The zero-order chi connectivity index (χ0) is 15.8. The van der Waals surface area contributed by atoms with Crippen LogP contribution in [0.25, 0.3) is 11.4 Å². The van der Waals surface area contributed by atoms with Crippen molar-refractivity contribution < 1.29 is 12.8 Å². The van der Waals surface area contributed by atoms with E-state index in [2.05, 4.69) is 10.2 Å². The number of benzene rings is 1. The molecule has 0 aliphatic carbocycles. The van der Waals surface area contributed by atoms with E-state index in [4.69, 9.17) is 5.14 Å². The van der Waals surface area contributed by atoms with Crippen LogP contribution in [-0.4, -0.2) is 23.2 Å². The van der Waals surface area contributed by atoms with Gasteiger partial charge in [-0.1, -0.05) is 13.8 Å². The highest BCUT2D eigenvalue weighted by atomic mass is 32.2. The van der Waals surface area contributed by atoms with Gasteiger partial charge in [0.1, 0.15) is 5.82 Å². The van der Waals surface area contributed by atoms with Gasteiger partial charge in [0, 0.05) is 12.1 Å². The predicted molar refractivity (Wildman–Crippen MR) is 76.4 cm³/mol. The number of halogens is 1. The molecule has 1 aromatic heterocycles. The number of hydrogen-bond acceptors (Lipinski definition) is 4. The Morgan fingerprint density at radius 2 is 1.95 bits per heavy atom. The fourth-order valence-electron chi connectivity index (χ4n) is 2.11. The summed E-state index contributed by atoms with van der Waals surface area (Å²) >= 11 is 0. The van der Waals surface area contributed by atoms with Gasteiger partial charge in [0.2, 0.25) is 0 Å². The Kier molecular flexibility index (Phi) is 4.11. The Hall–Kier alpha value is -1.80. The van der Waals surface area contributed by atoms with Crippen molar-refractivity contribution in [3.8, 4) is 11.4 Å². The third-order valence-electron chi connectivity index (χ3n) is 2.82. The summed E-state index contributed by atoms with van der Waals surface area (Å²) in [7, 11) is -3.99. The average Bonchev–Trinajstić information content (AvgIpc) is 2.69. The van der Waals surface area contributed by atoms with E-state index in [-0.39, 0.29) is 16.9 Å². The SMILES string of the molecule is Cc1cc(F)cc(-c2nnc(S(N)(=O)=O)n2CC(C)C)c1. The van der Waals surface area contributed by atoms with Crippen molar-refractivity contribution >= 4 is 10.0 Å². The number of nitrogens with zero attached hydrogens (tertiary/aromatic N) is 3. The second-order valence-electron chi connectivity index (χ2n) is 5.37. The second kappa shape index (κ2) is 5.53. The van der Waals surface area contributed by atoms with E-state index in [1.54, 1.807) is 13.0 Å². The van der Waals surface area contributed by atoms with Crippen molar-refractivity contribution in [1.82, 2.24) is 14.8 Å². The highest BCUT2D eigenvalue weighted by molar-refractivity contribution is 7.89. The summed E-state index contributed by atoms with van der Waals surface area (Å²) in [5.74, 6) is 0.0199. The van der Waals surface area contributed by atoms with Crippen LogP contribution in [0.1, 0.15) is 19.4 Å². The molecule has 0 amide bonds. The van der Waals surface area contributed by atoms with E-state index in [0.717, 1.165) is 0 Å². The molecule has 2 N–H and O–H groups in total. The van der Waals surface area contributed by atoms with E-state index in [1.165, 1.54) is 16.7 Å². The molecule has 21 heavy (non-hydrogen) atoms. The Bertz CT molecular complexity index is 748. The summed E-state index contributed by atoms with van der Waals surface area (Å²) in [6.45, 7) is 5.96. The van der Waals surface area contributed by atoms with Crippen LogP contribution >= 0.6 is 0 Å². The standard InChI is InChI=1S/C13H17FN4O2S/c1-8(2)7-18-12(16-17-13(18)21(15,19)20)10-4-9(3)5-11(14)6-10/h4-6,8H,7H2,1-3H3,(H2,15,19,20). The van der Waals surface area contributed by atoms with Gasteiger partial charge >= 0.3 is 0 Å². The lowest BCUT2D eigenvalue weighted by Crippen LogP contribution is -2.20. The normalized spacial score (nSPS) is 12.1. The minimum Gasteiger partial charge on any atom is -0.296 e. The van der Waals surface area contributed by atoms with E-state index >= 15 is 0 Å². The van der Waals surface area contributed by atoms with Crippen molar-refractivity contribution in [2.75, 3.05) is 0 Å². The van der Waals surface area contributed by atoms with Crippen LogP contribution in [0.3, 0.4) is 0 Å². The van der Waals surface area contributed by atoms with Crippen LogP contribution < -0.4 is 5.14 Å². The topological polar surface area (TPSA) is 90.9 Å². The molecule has 2 rings (SSSR count). The number of rotatable bonds is 4. The first-order valence-corrected chi connectivity index (χ1v) is 7.96. The molecule has 6 nitrogen and oxygen atoms in total. The zero-order valence-electron chi connectivity index (χ0n) is 12.0. The van der Waals surface area contributed by atoms with Crippen molar-refractivity contribution in [1.29, 1.82) is 0 Å². The molecule has 1 heterocycles. The van der Waals surface area contributed by atoms with Crippen LogP contribution in [-0.2, 0) is 16.6 Å². The molecule has 0 aliphatic rings. The fraction of sp³-hybridized carbons (Fsp3) is 0.385. The number of sulfonamides is 1. The molecular weight excluding hydrogens is 295 g/mol. The van der Waals surface area contributed by atoms with Crippen molar-refractivity contribution in [3.05, 3.63) is 29.6 Å². The summed E-state index contributed by atoms with van der Waals surface area (Å²) in [6.07, 6.45) is 0. The summed E-state index contributed by atoms with van der Waals surface area (Å²) < 4.78 is 38.1. The van der Waals surface area contributed by atoms with Crippen LogP contribution in [0.4, 0.5) is 4.39 Å². The molecule has 114 valence electrons. The Morgan fingerprint density at radius 3 is 2.48 bits per heavy atom. The third kappa shape index (κ3) is 3.45. The average molecular weight is 312 g/mol. The van der Waals surface area contributed by atoms with Gasteiger partial charge in [-0.3, -0.25) is 4.57 Å². The first kappa shape index (κ1) is 15.6. The summed E-state index contributed by atoms with van der Waals surface area (Å²) in [4.78, 5) is 0. The molecule has 0 radical (unpaired) electrons. The third-order valence-corrected chi connectivity index (χ3v) is 3.63. The first-order chi connectivity index (χ1) is 9.68. The fourth-order valence-corrected chi connectivity index (χ4v) is 2.73. The molecule has 0 saturated carbocycles. The Morgan fingerprint density at radius 1 is 1.29 bits per heavy atom. The Labute approximate surface area is 122 Å². The molecule has 8 heteroatoms. The van der Waals surface area contributed by atoms with Crippen molar-refractivity contribution in [2.45, 2.75) is 32.5 Å². The Balaban J connectivity index is 2.66. The maximum atomic E-state index is 13.5. The highest BCUT2D eigenvalue weighted by Crippen LogP contribution is 2.23. The zero-order valence-corrected chi connectivity index (χ0v) is 12.9. The molecule has 0 saturated heterocycles. The predicted octanol–water partition coefficient (Wildman–Crippen LogP) is 1.70. The van der Waals surface area contributed by atoms with E-state index < -0.39 is 15.8 Å². The van der Waals surface area contributed by atoms with Crippen LogP contribution in [0, 0.1) is 18.7 Å². The minimum atomic E-state index is -3.99. The largest absolute Gasteiger partial charge is 0.296 e. The maximum absolute atomic E-state index is 13.5. The lowest BCUT2D eigenvalue weighted by Gasteiger charge is -2.12. The molecule has 0 aliphatic heterocycles. The number of hydrogen-bond donors (Lipinski definition) is 1.